The molecule has 2 nitrogen and oxygen atoms in total. The highest BCUT2D eigenvalue weighted by atomic mass is 19.1. The molecule has 1 aromatic rings. The summed E-state index contributed by atoms with van der Waals surface area (Å²) in [4.78, 5) is 0. The van der Waals surface area contributed by atoms with Gasteiger partial charge in [-0.2, -0.15) is 5.26 Å². The second kappa shape index (κ2) is 3.22. The number of rotatable bonds is 1. The number of nitrogens with zero attached hydrogens (tertiary/aromatic N) is 1. The van der Waals surface area contributed by atoms with E-state index in [-0.39, 0.29) is 5.56 Å². The lowest BCUT2D eigenvalue weighted by Gasteiger charge is -2.05. The third kappa shape index (κ3) is 1.24. The first-order valence-corrected chi connectivity index (χ1v) is 3.44. The second-order valence-electron chi connectivity index (χ2n) is 2.36. The fourth-order valence-electron chi connectivity index (χ4n) is 1.02. The van der Waals surface area contributed by atoms with Gasteiger partial charge < -0.3 is 4.74 Å². The predicted molar refractivity (Wildman–Crippen MR) is 42.4 cm³/mol. The highest BCUT2D eigenvalue weighted by Crippen LogP contribution is 2.22. The Morgan fingerprint density at radius 2 is 2.17 bits per heavy atom. The fraction of sp³-hybridized carbons (Fsp3) is 0.222. The lowest BCUT2D eigenvalue weighted by molar-refractivity contribution is 0.410. The van der Waals surface area contributed by atoms with E-state index in [1.54, 1.807) is 13.0 Å². The second-order valence-corrected chi connectivity index (χ2v) is 2.36. The number of hydrogen-bond donors (Lipinski definition) is 0. The van der Waals surface area contributed by atoms with E-state index in [9.17, 15) is 4.39 Å². The van der Waals surface area contributed by atoms with Crippen LogP contribution in [0.25, 0.3) is 0 Å². The summed E-state index contributed by atoms with van der Waals surface area (Å²) in [5, 5.41) is 8.57. The van der Waals surface area contributed by atoms with Crippen LogP contribution >= 0.6 is 0 Å². The Kier molecular flexibility index (Phi) is 2.29. The van der Waals surface area contributed by atoms with Gasteiger partial charge in [-0.1, -0.05) is 0 Å². The lowest BCUT2D eigenvalue weighted by Crippen LogP contribution is -1.93. The highest BCUT2D eigenvalue weighted by Gasteiger charge is 2.08. The number of methoxy groups -OCH3 is 1. The molecular weight excluding hydrogens is 157 g/mol. The molecule has 1 rings (SSSR count). The van der Waals surface area contributed by atoms with Gasteiger partial charge in [-0.15, -0.1) is 0 Å². The largest absolute Gasteiger partial charge is 0.496 e. The summed E-state index contributed by atoms with van der Waals surface area (Å²) in [7, 11) is 1.49. The number of halogens is 1. The van der Waals surface area contributed by atoms with E-state index in [0.717, 1.165) is 0 Å². The van der Waals surface area contributed by atoms with Crippen molar-refractivity contribution in [3.63, 3.8) is 0 Å². The van der Waals surface area contributed by atoms with Crippen molar-refractivity contribution in [2.24, 2.45) is 0 Å². The zero-order chi connectivity index (χ0) is 9.14. The molecule has 0 saturated carbocycles. The Bertz CT molecular complexity index is 341. The quantitative estimate of drug-likeness (QED) is 0.637. The maximum atomic E-state index is 12.9. The molecule has 0 fully saturated rings. The van der Waals surface area contributed by atoms with Crippen molar-refractivity contribution >= 4 is 0 Å². The zero-order valence-corrected chi connectivity index (χ0v) is 6.89. The molecule has 0 spiro atoms. The summed E-state index contributed by atoms with van der Waals surface area (Å²) >= 11 is 0. The summed E-state index contributed by atoms with van der Waals surface area (Å²) < 4.78 is 17.8. The molecule has 0 atom stereocenters. The molecule has 1 aromatic carbocycles. The molecular formula is C9H8FNO. The smallest absolute Gasteiger partial charge is 0.141 e. The summed E-state index contributed by atoms with van der Waals surface area (Å²) in [6.07, 6.45) is 0. The van der Waals surface area contributed by atoms with Crippen molar-refractivity contribution in [1.82, 2.24) is 0 Å². The van der Waals surface area contributed by atoms with Crippen molar-refractivity contribution in [1.29, 1.82) is 5.26 Å². The molecule has 0 unspecified atom stereocenters. The van der Waals surface area contributed by atoms with Crippen LogP contribution in [-0.4, -0.2) is 7.11 Å². The predicted octanol–water partition coefficient (Wildman–Crippen LogP) is 2.01. The minimum absolute atomic E-state index is 0.0503. The van der Waals surface area contributed by atoms with Crippen LogP contribution in [0.5, 0.6) is 5.75 Å². The first kappa shape index (κ1) is 8.54. The Labute approximate surface area is 70.2 Å². The van der Waals surface area contributed by atoms with Gasteiger partial charge in [-0.05, 0) is 19.1 Å². The van der Waals surface area contributed by atoms with Crippen LogP contribution in [0.15, 0.2) is 12.1 Å². The number of benzene rings is 1. The van der Waals surface area contributed by atoms with E-state index in [1.807, 2.05) is 0 Å². The van der Waals surface area contributed by atoms with Gasteiger partial charge in [-0.25, -0.2) is 4.39 Å². The maximum Gasteiger partial charge on any atom is 0.141 e. The third-order valence-electron chi connectivity index (χ3n) is 1.70. The Morgan fingerprint density at radius 3 is 2.67 bits per heavy atom. The number of ether oxygens (including phenoxy) is 1. The molecule has 0 heterocycles. The normalized spacial score (nSPS) is 9.17. The van der Waals surface area contributed by atoms with Crippen molar-refractivity contribution in [3.05, 3.63) is 29.1 Å². The molecule has 3 heteroatoms. The van der Waals surface area contributed by atoms with Crippen molar-refractivity contribution in [2.45, 2.75) is 6.92 Å². The molecule has 12 heavy (non-hydrogen) atoms. The van der Waals surface area contributed by atoms with Gasteiger partial charge in [0.1, 0.15) is 17.6 Å². The summed E-state index contributed by atoms with van der Waals surface area (Å²) in [5.41, 5.74) is 0.592. The van der Waals surface area contributed by atoms with Crippen LogP contribution in [0.1, 0.15) is 11.1 Å². The molecule has 0 amide bonds. The number of nitriles is 1. The molecule has 0 radical (unpaired) electrons. The average Bonchev–Trinajstić information content (AvgIpc) is 2.06. The van der Waals surface area contributed by atoms with Crippen LogP contribution in [0, 0.1) is 24.1 Å². The highest BCUT2D eigenvalue weighted by molar-refractivity contribution is 5.46. The van der Waals surface area contributed by atoms with Crippen LogP contribution in [0.4, 0.5) is 4.39 Å². The molecule has 0 aliphatic rings. The topological polar surface area (TPSA) is 33.0 Å². The van der Waals surface area contributed by atoms with Gasteiger partial charge in [0.25, 0.3) is 0 Å². The van der Waals surface area contributed by atoms with Crippen molar-refractivity contribution in [2.75, 3.05) is 7.11 Å². The van der Waals surface area contributed by atoms with Gasteiger partial charge in [-0.3, -0.25) is 0 Å². The molecule has 0 bridgehead atoms. The SMILES string of the molecule is COc1ccc(F)c(C#N)c1C. The van der Waals surface area contributed by atoms with E-state index in [0.29, 0.717) is 11.3 Å². The Hall–Kier alpha value is -1.56. The van der Waals surface area contributed by atoms with Crippen LogP contribution in [0.2, 0.25) is 0 Å². The minimum Gasteiger partial charge on any atom is -0.496 e. The first-order valence-electron chi connectivity index (χ1n) is 3.44. The van der Waals surface area contributed by atoms with Crippen molar-refractivity contribution in [3.8, 4) is 11.8 Å². The molecule has 0 saturated heterocycles. The van der Waals surface area contributed by atoms with Gasteiger partial charge in [0, 0.05) is 5.56 Å². The Balaban J connectivity index is 3.36. The van der Waals surface area contributed by atoms with Gasteiger partial charge in [0.2, 0.25) is 0 Å². The molecule has 0 aromatic heterocycles. The zero-order valence-electron chi connectivity index (χ0n) is 6.89. The van der Waals surface area contributed by atoms with Crippen molar-refractivity contribution < 1.29 is 9.13 Å². The van der Waals surface area contributed by atoms with E-state index in [2.05, 4.69) is 0 Å². The van der Waals surface area contributed by atoms with E-state index in [1.165, 1.54) is 19.2 Å². The molecule has 0 aliphatic heterocycles. The fourth-order valence-corrected chi connectivity index (χ4v) is 1.02. The van der Waals surface area contributed by atoms with Gasteiger partial charge in [0.05, 0.1) is 12.7 Å². The summed E-state index contributed by atoms with van der Waals surface area (Å²) in [5.74, 6) is 0.0313. The average molecular weight is 165 g/mol. The first-order chi connectivity index (χ1) is 5.70. The molecule has 0 aliphatic carbocycles. The van der Waals surface area contributed by atoms with Gasteiger partial charge >= 0.3 is 0 Å². The molecule has 0 N–H and O–H groups in total. The summed E-state index contributed by atoms with van der Waals surface area (Å²) in [6.45, 7) is 1.65. The van der Waals surface area contributed by atoms with E-state index < -0.39 is 5.82 Å². The van der Waals surface area contributed by atoms with Crippen LogP contribution < -0.4 is 4.74 Å². The monoisotopic (exact) mass is 165 g/mol. The lowest BCUT2D eigenvalue weighted by atomic mass is 10.1. The number of hydrogen-bond acceptors (Lipinski definition) is 2. The minimum atomic E-state index is -0.504. The van der Waals surface area contributed by atoms with E-state index in [4.69, 9.17) is 10.00 Å². The van der Waals surface area contributed by atoms with Crippen LogP contribution in [0.3, 0.4) is 0 Å². The van der Waals surface area contributed by atoms with Gasteiger partial charge in [0.15, 0.2) is 0 Å². The standard InChI is InChI=1S/C9H8FNO/c1-6-7(5-11)8(10)3-4-9(6)12-2/h3-4H,1-2H3. The third-order valence-corrected chi connectivity index (χ3v) is 1.70. The summed E-state index contributed by atoms with van der Waals surface area (Å²) in [6, 6.07) is 4.52. The Morgan fingerprint density at radius 1 is 1.50 bits per heavy atom. The van der Waals surface area contributed by atoms with Crippen LogP contribution in [-0.2, 0) is 0 Å². The maximum absolute atomic E-state index is 12.9. The van der Waals surface area contributed by atoms with E-state index >= 15 is 0 Å². The molecule has 62 valence electrons.